The van der Waals surface area contributed by atoms with Crippen molar-refractivity contribution in [2.75, 3.05) is 13.1 Å². The molecule has 2 bridgehead atoms. The van der Waals surface area contributed by atoms with Crippen LogP contribution in [-0.4, -0.2) is 34.2 Å². The van der Waals surface area contributed by atoms with Gasteiger partial charge in [-0.15, -0.1) is 0 Å². The number of aromatic nitrogens is 1. The van der Waals surface area contributed by atoms with Crippen LogP contribution in [0.15, 0.2) is 42.6 Å². The monoisotopic (exact) mass is 364 g/mol. The summed E-state index contributed by atoms with van der Waals surface area (Å²) < 4.78 is 5.84. The minimum Gasteiger partial charge on any atom is -0.490 e. The van der Waals surface area contributed by atoms with E-state index in [0.717, 1.165) is 50.3 Å². The van der Waals surface area contributed by atoms with Crippen molar-refractivity contribution in [3.05, 3.63) is 59.4 Å². The predicted octanol–water partition coefficient (Wildman–Crippen LogP) is 3.52. The van der Waals surface area contributed by atoms with Gasteiger partial charge < -0.3 is 9.84 Å². The average molecular weight is 364 g/mol. The molecule has 1 saturated carbocycles. The quantitative estimate of drug-likeness (QED) is 0.905. The second-order valence-corrected chi connectivity index (χ2v) is 8.63. The number of likely N-dealkylation sites (tertiary alicyclic amines) is 1. The summed E-state index contributed by atoms with van der Waals surface area (Å²) in [4.78, 5) is 7.06. The Morgan fingerprint density at radius 2 is 2.00 bits per heavy atom. The van der Waals surface area contributed by atoms with Gasteiger partial charge in [-0.05, 0) is 49.1 Å². The molecule has 1 aliphatic carbocycles. The minimum absolute atomic E-state index is 0.262. The normalized spacial score (nSPS) is 32.7. The Balaban J connectivity index is 1.36. The van der Waals surface area contributed by atoms with E-state index in [1.54, 1.807) is 0 Å². The van der Waals surface area contributed by atoms with Crippen molar-refractivity contribution in [2.45, 2.75) is 50.9 Å². The summed E-state index contributed by atoms with van der Waals surface area (Å²) in [5.41, 5.74) is 2.79. The van der Waals surface area contributed by atoms with Crippen molar-refractivity contribution in [2.24, 2.45) is 11.8 Å². The molecule has 0 radical (unpaired) electrons. The molecular weight excluding hydrogens is 336 g/mol. The molecule has 1 aromatic heterocycles. The molecule has 5 rings (SSSR count). The van der Waals surface area contributed by atoms with Crippen LogP contribution in [0.4, 0.5) is 0 Å². The van der Waals surface area contributed by atoms with Crippen LogP contribution in [0.25, 0.3) is 0 Å². The Hall–Kier alpha value is -1.91. The third kappa shape index (κ3) is 2.95. The van der Waals surface area contributed by atoms with Gasteiger partial charge >= 0.3 is 0 Å². The molecule has 3 aliphatic rings. The maximum absolute atomic E-state index is 11.7. The van der Waals surface area contributed by atoms with E-state index >= 15 is 0 Å². The summed E-state index contributed by atoms with van der Waals surface area (Å²) in [5.74, 6) is 1.57. The van der Waals surface area contributed by atoms with Crippen LogP contribution in [0.2, 0.25) is 0 Å². The SMILES string of the molecule is CC1Cc2cc(CN3CC4CCCC(C3)C4(O)c3ccccn3)ccc2O1. The van der Waals surface area contributed by atoms with Crippen molar-refractivity contribution in [1.29, 1.82) is 0 Å². The molecule has 27 heavy (non-hydrogen) atoms. The number of fused-ring (bicyclic) bond motifs is 3. The highest BCUT2D eigenvalue weighted by atomic mass is 16.5. The summed E-state index contributed by atoms with van der Waals surface area (Å²) >= 11 is 0. The number of hydrogen-bond donors (Lipinski definition) is 1. The van der Waals surface area contributed by atoms with Gasteiger partial charge in [-0.2, -0.15) is 0 Å². The molecule has 3 heterocycles. The molecule has 0 amide bonds. The van der Waals surface area contributed by atoms with Crippen molar-refractivity contribution in [1.82, 2.24) is 9.88 Å². The van der Waals surface area contributed by atoms with E-state index in [1.165, 1.54) is 17.5 Å². The minimum atomic E-state index is -0.767. The predicted molar refractivity (Wildman–Crippen MR) is 104 cm³/mol. The smallest absolute Gasteiger partial charge is 0.123 e. The zero-order valence-electron chi connectivity index (χ0n) is 16.0. The highest BCUT2D eigenvalue weighted by Gasteiger charge is 2.52. The third-order valence-corrected chi connectivity index (χ3v) is 6.75. The van der Waals surface area contributed by atoms with Gasteiger partial charge in [0.2, 0.25) is 0 Å². The zero-order valence-corrected chi connectivity index (χ0v) is 16.0. The lowest BCUT2D eigenvalue weighted by molar-refractivity contribution is -0.151. The van der Waals surface area contributed by atoms with Crippen LogP contribution in [-0.2, 0) is 18.6 Å². The third-order valence-electron chi connectivity index (χ3n) is 6.75. The lowest BCUT2D eigenvalue weighted by atomic mass is 9.64. The van der Waals surface area contributed by atoms with Crippen LogP contribution < -0.4 is 4.74 Å². The molecule has 2 aromatic rings. The molecule has 142 valence electrons. The second kappa shape index (κ2) is 6.61. The highest BCUT2D eigenvalue weighted by Crippen LogP contribution is 2.48. The summed E-state index contributed by atoms with van der Waals surface area (Å²) in [6.07, 6.45) is 6.48. The average Bonchev–Trinajstić information content (AvgIpc) is 3.03. The number of rotatable bonds is 3. The van der Waals surface area contributed by atoms with Gasteiger partial charge in [0.25, 0.3) is 0 Å². The van der Waals surface area contributed by atoms with E-state index in [4.69, 9.17) is 4.74 Å². The number of hydrogen-bond acceptors (Lipinski definition) is 4. The fraction of sp³-hybridized carbons (Fsp3) is 0.522. The molecule has 0 spiro atoms. The lowest BCUT2D eigenvalue weighted by Gasteiger charge is -2.52. The number of aliphatic hydroxyl groups is 1. The Morgan fingerprint density at radius 3 is 2.74 bits per heavy atom. The summed E-state index contributed by atoms with van der Waals surface area (Å²) in [6.45, 7) is 4.96. The zero-order chi connectivity index (χ0) is 18.4. The summed E-state index contributed by atoms with van der Waals surface area (Å²) in [7, 11) is 0. The van der Waals surface area contributed by atoms with Gasteiger partial charge in [0.1, 0.15) is 17.5 Å². The van der Waals surface area contributed by atoms with E-state index in [-0.39, 0.29) is 17.9 Å². The van der Waals surface area contributed by atoms with Crippen LogP contribution >= 0.6 is 0 Å². The first kappa shape index (κ1) is 17.2. The van der Waals surface area contributed by atoms with Crippen LogP contribution in [0.1, 0.15) is 43.0 Å². The molecule has 1 aromatic carbocycles. The number of nitrogens with zero attached hydrogens (tertiary/aromatic N) is 2. The van der Waals surface area contributed by atoms with Crippen molar-refractivity contribution >= 4 is 0 Å². The summed E-state index contributed by atoms with van der Waals surface area (Å²) in [5, 5.41) is 11.7. The standard InChI is InChI=1S/C23H28N2O2/c1-16-11-18-12-17(8-9-21(18)27-16)13-25-14-19-5-4-6-20(15-25)23(19,26)22-7-2-3-10-24-22/h2-3,7-10,12,16,19-20,26H,4-6,11,13-15H2,1H3. The lowest BCUT2D eigenvalue weighted by Crippen LogP contribution is -2.58. The van der Waals surface area contributed by atoms with E-state index in [1.807, 2.05) is 24.4 Å². The second-order valence-electron chi connectivity index (χ2n) is 8.63. The van der Waals surface area contributed by atoms with Crippen LogP contribution in [0.3, 0.4) is 0 Å². The molecule has 3 atom stereocenters. The number of pyridine rings is 1. The Bertz CT molecular complexity index is 808. The molecular formula is C23H28N2O2. The van der Waals surface area contributed by atoms with Gasteiger partial charge in [-0.1, -0.05) is 24.6 Å². The van der Waals surface area contributed by atoms with Gasteiger partial charge in [-0.25, -0.2) is 0 Å². The maximum Gasteiger partial charge on any atom is 0.123 e. The molecule has 3 unspecified atom stereocenters. The first-order valence-corrected chi connectivity index (χ1v) is 10.3. The molecule has 4 nitrogen and oxygen atoms in total. The van der Waals surface area contributed by atoms with Gasteiger partial charge in [0.05, 0.1) is 5.69 Å². The number of piperidine rings is 1. The van der Waals surface area contributed by atoms with Crippen LogP contribution in [0.5, 0.6) is 5.75 Å². The Labute approximate surface area is 161 Å². The first-order valence-electron chi connectivity index (χ1n) is 10.3. The van der Waals surface area contributed by atoms with Crippen molar-refractivity contribution in [3.8, 4) is 5.75 Å². The van der Waals surface area contributed by atoms with E-state index in [2.05, 4.69) is 35.0 Å². The van der Waals surface area contributed by atoms with Gasteiger partial charge in [0.15, 0.2) is 0 Å². The first-order chi connectivity index (χ1) is 13.1. The molecule has 1 saturated heterocycles. The van der Waals surface area contributed by atoms with E-state index < -0.39 is 5.60 Å². The van der Waals surface area contributed by atoms with Crippen LogP contribution in [0, 0.1) is 11.8 Å². The fourth-order valence-electron chi connectivity index (χ4n) is 5.52. The number of ether oxygens (including phenoxy) is 1. The van der Waals surface area contributed by atoms with E-state index in [9.17, 15) is 5.11 Å². The maximum atomic E-state index is 11.7. The van der Waals surface area contributed by atoms with E-state index in [0.29, 0.717) is 0 Å². The Kier molecular flexibility index (Phi) is 4.21. The summed E-state index contributed by atoms with van der Waals surface area (Å²) in [6, 6.07) is 12.6. The van der Waals surface area contributed by atoms with Crippen molar-refractivity contribution < 1.29 is 9.84 Å². The Morgan fingerprint density at radius 1 is 1.19 bits per heavy atom. The molecule has 4 heteroatoms. The highest BCUT2D eigenvalue weighted by molar-refractivity contribution is 5.40. The van der Waals surface area contributed by atoms with Gasteiger partial charge in [-0.3, -0.25) is 9.88 Å². The topological polar surface area (TPSA) is 45.6 Å². The molecule has 1 N–H and O–H groups in total. The van der Waals surface area contributed by atoms with Gasteiger partial charge in [0, 0.05) is 44.1 Å². The fourth-order valence-corrected chi connectivity index (χ4v) is 5.52. The largest absolute Gasteiger partial charge is 0.490 e. The number of benzene rings is 1. The van der Waals surface area contributed by atoms with Crippen molar-refractivity contribution in [3.63, 3.8) is 0 Å². The molecule has 2 fully saturated rings. The molecule has 2 aliphatic heterocycles.